The first-order chi connectivity index (χ1) is 22.7. The highest BCUT2D eigenvalue weighted by atomic mass is 15.1. The zero-order valence-corrected chi connectivity index (χ0v) is 30.4. The minimum Gasteiger partial charge on any atom is -0.237 e. The summed E-state index contributed by atoms with van der Waals surface area (Å²) in [6, 6.07) is 23.0. The average Bonchev–Trinajstić information content (AvgIpc) is 3.55. The van der Waals surface area contributed by atoms with Crippen LogP contribution in [0.15, 0.2) is 79.4 Å². The largest absolute Gasteiger partial charge is 0.244 e. The summed E-state index contributed by atoms with van der Waals surface area (Å²) in [5, 5.41) is 0. The van der Waals surface area contributed by atoms with Crippen LogP contribution in [0.25, 0.3) is 0 Å². The van der Waals surface area contributed by atoms with E-state index in [0.29, 0.717) is 6.04 Å². The van der Waals surface area contributed by atoms with Crippen LogP contribution in [0.3, 0.4) is 0 Å². The van der Waals surface area contributed by atoms with E-state index < -0.39 is 0 Å². The molecule has 2 aromatic carbocycles. The smallest absolute Gasteiger partial charge is 0.237 e. The Bertz CT molecular complexity index is 1100. The second kappa shape index (κ2) is 23.9. The van der Waals surface area contributed by atoms with Gasteiger partial charge in [0.1, 0.15) is 18.4 Å². The number of hydrogen-bond acceptors (Lipinski definition) is 0. The Morgan fingerprint density at radius 2 is 1.02 bits per heavy atom. The molecule has 1 aromatic heterocycles. The van der Waals surface area contributed by atoms with Crippen LogP contribution in [0, 0.1) is 0 Å². The number of nitrogens with zero attached hydrogens (tertiary/aromatic N) is 2. The molecule has 0 saturated carbocycles. The molecule has 0 fully saturated rings. The lowest BCUT2D eigenvalue weighted by atomic mass is 9.70. The maximum atomic E-state index is 2.58. The summed E-state index contributed by atoms with van der Waals surface area (Å²) in [5.41, 5.74) is 2.90. The molecule has 256 valence electrons. The van der Waals surface area contributed by atoms with E-state index in [-0.39, 0.29) is 5.41 Å². The fourth-order valence-electron chi connectivity index (χ4n) is 7.56. The standard InChI is InChI=1S/C44H71N2/c1-4-6-8-10-12-14-15-16-17-18-19-21-29-35-43(46-38-37-45(40-46)36-30-22-20-13-11-9-7-5-2)44(3,42-33-27-24-28-34-42)39-41-31-25-23-26-32-41/h23-28,31-34,37-38,40,43H,4-22,29-30,35-36,39H2,1-3H3/q+1. The molecule has 2 atom stereocenters. The second-order valence-corrected chi connectivity index (χ2v) is 14.6. The van der Waals surface area contributed by atoms with Crippen molar-refractivity contribution in [3.8, 4) is 0 Å². The van der Waals surface area contributed by atoms with E-state index in [1.807, 2.05) is 0 Å². The summed E-state index contributed by atoms with van der Waals surface area (Å²) in [7, 11) is 0. The van der Waals surface area contributed by atoms with Gasteiger partial charge in [-0.2, -0.15) is 0 Å². The van der Waals surface area contributed by atoms with Crippen LogP contribution in [0.2, 0.25) is 0 Å². The zero-order chi connectivity index (χ0) is 32.5. The van der Waals surface area contributed by atoms with Gasteiger partial charge in [0, 0.05) is 5.41 Å². The van der Waals surface area contributed by atoms with Crippen LogP contribution in [0.1, 0.15) is 179 Å². The molecule has 3 aromatic rings. The minimum atomic E-state index is 0.00901. The second-order valence-electron chi connectivity index (χ2n) is 14.6. The van der Waals surface area contributed by atoms with E-state index in [4.69, 9.17) is 0 Å². The topological polar surface area (TPSA) is 8.81 Å². The third-order valence-electron chi connectivity index (χ3n) is 10.5. The van der Waals surface area contributed by atoms with Gasteiger partial charge in [0.25, 0.3) is 0 Å². The quantitative estimate of drug-likeness (QED) is 0.0559. The molecule has 2 nitrogen and oxygen atoms in total. The first-order valence-electron chi connectivity index (χ1n) is 19.8. The van der Waals surface area contributed by atoms with Crippen molar-refractivity contribution in [3.05, 3.63) is 90.5 Å². The summed E-state index contributed by atoms with van der Waals surface area (Å²) < 4.78 is 5.04. The van der Waals surface area contributed by atoms with Gasteiger partial charge in [-0.05, 0) is 43.2 Å². The van der Waals surface area contributed by atoms with Crippen LogP contribution in [0.4, 0.5) is 0 Å². The number of benzene rings is 2. The first kappa shape index (κ1) is 38.1. The maximum Gasteiger partial charge on any atom is 0.244 e. The molecular weight excluding hydrogens is 556 g/mol. The molecular formula is C44H71N2+. The van der Waals surface area contributed by atoms with Crippen molar-refractivity contribution in [2.45, 2.75) is 186 Å². The minimum absolute atomic E-state index is 0.00901. The highest BCUT2D eigenvalue weighted by Crippen LogP contribution is 2.41. The molecule has 0 spiro atoms. The van der Waals surface area contributed by atoms with Crippen molar-refractivity contribution in [3.63, 3.8) is 0 Å². The van der Waals surface area contributed by atoms with E-state index in [2.05, 4.69) is 109 Å². The monoisotopic (exact) mass is 628 g/mol. The van der Waals surface area contributed by atoms with Gasteiger partial charge in [-0.15, -0.1) is 0 Å². The van der Waals surface area contributed by atoms with Gasteiger partial charge >= 0.3 is 0 Å². The van der Waals surface area contributed by atoms with Gasteiger partial charge in [-0.1, -0.05) is 197 Å². The molecule has 0 bridgehead atoms. The van der Waals surface area contributed by atoms with Crippen LogP contribution < -0.4 is 4.57 Å². The van der Waals surface area contributed by atoms with Crippen molar-refractivity contribution in [2.24, 2.45) is 0 Å². The summed E-state index contributed by atoms with van der Waals surface area (Å²) >= 11 is 0. The van der Waals surface area contributed by atoms with Crippen LogP contribution in [-0.4, -0.2) is 4.57 Å². The molecule has 0 N–H and O–H groups in total. The fraction of sp³-hybridized carbons (Fsp3) is 0.659. The predicted molar refractivity (Wildman–Crippen MR) is 201 cm³/mol. The Balaban J connectivity index is 1.59. The van der Waals surface area contributed by atoms with Crippen LogP contribution in [-0.2, 0) is 18.4 Å². The van der Waals surface area contributed by atoms with E-state index in [1.165, 1.54) is 152 Å². The number of imidazole rings is 1. The molecule has 2 unspecified atom stereocenters. The summed E-state index contributed by atoms with van der Waals surface area (Å²) in [4.78, 5) is 0. The first-order valence-corrected chi connectivity index (χ1v) is 19.8. The Labute approximate surface area is 285 Å². The van der Waals surface area contributed by atoms with Crippen molar-refractivity contribution in [2.75, 3.05) is 0 Å². The van der Waals surface area contributed by atoms with Crippen LogP contribution >= 0.6 is 0 Å². The lowest BCUT2D eigenvalue weighted by Crippen LogP contribution is -2.38. The lowest BCUT2D eigenvalue weighted by Gasteiger charge is -2.37. The molecule has 2 heteroatoms. The van der Waals surface area contributed by atoms with Crippen molar-refractivity contribution in [1.29, 1.82) is 0 Å². The van der Waals surface area contributed by atoms with Gasteiger partial charge in [-0.3, -0.25) is 0 Å². The third kappa shape index (κ3) is 14.6. The average molecular weight is 628 g/mol. The number of unbranched alkanes of at least 4 members (excludes halogenated alkanes) is 19. The number of aryl methyl sites for hydroxylation is 1. The molecule has 0 aliphatic carbocycles. The highest BCUT2D eigenvalue weighted by Gasteiger charge is 2.40. The Kier molecular flexibility index (Phi) is 19.8. The number of aromatic nitrogens is 2. The fourth-order valence-corrected chi connectivity index (χ4v) is 7.56. The SMILES string of the molecule is CCCCCCCCCCCCCCCC(n1cc[n+](CCCCCCCCCC)c1)C(C)(Cc1ccccc1)c1ccccc1. The lowest BCUT2D eigenvalue weighted by molar-refractivity contribution is -0.697. The third-order valence-corrected chi connectivity index (χ3v) is 10.5. The van der Waals surface area contributed by atoms with E-state index in [1.54, 1.807) is 0 Å². The number of rotatable bonds is 28. The highest BCUT2D eigenvalue weighted by molar-refractivity contribution is 5.30. The Hall–Kier alpha value is -2.35. The summed E-state index contributed by atoms with van der Waals surface area (Å²) in [6.45, 7) is 8.28. The van der Waals surface area contributed by atoms with Crippen molar-refractivity contribution < 1.29 is 4.57 Å². The van der Waals surface area contributed by atoms with Gasteiger partial charge in [0.2, 0.25) is 6.33 Å². The van der Waals surface area contributed by atoms with Gasteiger partial charge in [-0.25, -0.2) is 9.13 Å². The maximum absolute atomic E-state index is 2.58. The molecule has 0 saturated heterocycles. The van der Waals surface area contributed by atoms with Gasteiger partial charge in [0.15, 0.2) is 0 Å². The molecule has 46 heavy (non-hydrogen) atoms. The molecule has 0 amide bonds. The molecule has 0 aliphatic heterocycles. The van der Waals surface area contributed by atoms with Crippen molar-refractivity contribution >= 4 is 0 Å². The summed E-state index contributed by atoms with van der Waals surface area (Å²) in [5.74, 6) is 0. The Morgan fingerprint density at radius 3 is 1.54 bits per heavy atom. The molecule has 3 rings (SSSR count). The summed E-state index contributed by atoms with van der Waals surface area (Å²) in [6.07, 6.45) is 38.7. The van der Waals surface area contributed by atoms with Crippen molar-refractivity contribution in [1.82, 2.24) is 4.57 Å². The molecule has 1 heterocycles. The molecule has 0 radical (unpaired) electrons. The predicted octanol–water partition coefficient (Wildman–Crippen LogP) is 13.1. The van der Waals surface area contributed by atoms with Crippen LogP contribution in [0.5, 0.6) is 0 Å². The zero-order valence-electron chi connectivity index (χ0n) is 30.4. The van der Waals surface area contributed by atoms with E-state index >= 15 is 0 Å². The van der Waals surface area contributed by atoms with Gasteiger partial charge < -0.3 is 0 Å². The number of hydrogen-bond donors (Lipinski definition) is 0. The molecule has 0 aliphatic rings. The Morgan fingerprint density at radius 1 is 0.565 bits per heavy atom. The van der Waals surface area contributed by atoms with E-state index in [9.17, 15) is 0 Å². The normalized spacial score (nSPS) is 13.5. The van der Waals surface area contributed by atoms with Gasteiger partial charge in [0.05, 0.1) is 6.54 Å². The van der Waals surface area contributed by atoms with E-state index in [0.717, 1.165) is 13.0 Å².